The van der Waals surface area contributed by atoms with Gasteiger partial charge in [0.25, 0.3) is 0 Å². The Balaban J connectivity index is 1.85. The normalized spacial score (nSPS) is 11.8. The topological polar surface area (TPSA) is 65.5 Å². The molecule has 0 saturated carbocycles. The highest BCUT2D eigenvalue weighted by molar-refractivity contribution is 7.18. The number of rotatable bonds is 6. The lowest BCUT2D eigenvalue weighted by Crippen LogP contribution is -2.47. The smallest absolute Gasteiger partial charge is 0.240 e. The number of nitrogens with zero attached hydrogens (tertiary/aromatic N) is 3. The van der Waals surface area contributed by atoms with Crippen LogP contribution in [0.4, 0.5) is 0 Å². The number of carbonyl (C=O) groups is 2. The molecule has 6 nitrogen and oxygen atoms in total. The summed E-state index contributed by atoms with van der Waals surface area (Å²) in [6.45, 7) is 6.66. The average Bonchev–Trinajstić information content (AvgIpc) is 2.86. The van der Waals surface area contributed by atoms with Gasteiger partial charge in [-0.05, 0) is 40.0 Å². The number of likely N-dealkylation sites (N-methyl/N-ethyl adjacent to an activating group) is 2. The highest BCUT2D eigenvalue weighted by Gasteiger charge is 2.19. The summed E-state index contributed by atoms with van der Waals surface area (Å²) in [5.41, 5.74) is 0.683. The summed E-state index contributed by atoms with van der Waals surface area (Å²) in [6.07, 6.45) is 0. The van der Waals surface area contributed by atoms with Gasteiger partial charge in [-0.15, -0.1) is 11.3 Å². The first-order chi connectivity index (χ1) is 11.6. The molecule has 0 aliphatic heterocycles. The van der Waals surface area contributed by atoms with Gasteiger partial charge in [0, 0.05) is 12.6 Å². The van der Waals surface area contributed by atoms with Crippen molar-refractivity contribution in [1.82, 2.24) is 20.1 Å². The monoisotopic (exact) mass is 362 g/mol. The van der Waals surface area contributed by atoms with E-state index in [2.05, 4.69) is 10.3 Å². The third-order valence-electron chi connectivity index (χ3n) is 3.47. The van der Waals surface area contributed by atoms with Gasteiger partial charge in [0.15, 0.2) is 0 Å². The first-order valence-corrected chi connectivity index (χ1v) is 9.03. The van der Waals surface area contributed by atoms with E-state index in [4.69, 9.17) is 0 Å². The van der Waals surface area contributed by atoms with E-state index in [1.807, 2.05) is 57.0 Å². The predicted molar refractivity (Wildman–Crippen MR) is 101 cm³/mol. The Hall–Kier alpha value is -1.99. The molecule has 2 aromatic rings. The number of hydrogen-bond donors (Lipinski definition) is 1. The molecule has 2 rings (SSSR count). The Morgan fingerprint density at radius 2 is 1.84 bits per heavy atom. The van der Waals surface area contributed by atoms with E-state index in [1.54, 1.807) is 18.4 Å². The molecule has 0 aliphatic carbocycles. The van der Waals surface area contributed by atoms with Crippen molar-refractivity contribution in [3.63, 3.8) is 0 Å². The van der Waals surface area contributed by atoms with Crippen LogP contribution in [0, 0.1) is 0 Å². The van der Waals surface area contributed by atoms with E-state index >= 15 is 0 Å². The van der Waals surface area contributed by atoms with Gasteiger partial charge in [0.2, 0.25) is 11.8 Å². The van der Waals surface area contributed by atoms with Gasteiger partial charge < -0.3 is 10.2 Å². The van der Waals surface area contributed by atoms with Gasteiger partial charge in [-0.1, -0.05) is 12.1 Å². The molecule has 136 valence electrons. The van der Waals surface area contributed by atoms with Crippen molar-refractivity contribution < 1.29 is 9.59 Å². The minimum absolute atomic E-state index is 0.0606. The Morgan fingerprint density at radius 1 is 1.16 bits per heavy atom. The molecule has 0 unspecified atom stereocenters. The van der Waals surface area contributed by atoms with Crippen LogP contribution >= 0.6 is 11.3 Å². The van der Waals surface area contributed by atoms with Gasteiger partial charge >= 0.3 is 0 Å². The molecule has 0 saturated heterocycles. The van der Waals surface area contributed by atoms with Crippen molar-refractivity contribution in [2.75, 3.05) is 27.2 Å². The zero-order chi connectivity index (χ0) is 18.6. The second kappa shape index (κ2) is 7.93. The summed E-state index contributed by atoms with van der Waals surface area (Å²) >= 11 is 1.64. The van der Waals surface area contributed by atoms with Gasteiger partial charge in [0.1, 0.15) is 5.01 Å². The molecule has 25 heavy (non-hydrogen) atoms. The van der Waals surface area contributed by atoms with Crippen LogP contribution in [0.3, 0.4) is 0 Å². The van der Waals surface area contributed by atoms with Crippen molar-refractivity contribution in [2.45, 2.75) is 32.9 Å². The van der Waals surface area contributed by atoms with E-state index in [0.29, 0.717) is 6.54 Å². The molecule has 0 fully saturated rings. The highest BCUT2D eigenvalue weighted by Crippen LogP contribution is 2.22. The molecule has 1 aromatic carbocycles. The standard InChI is InChI=1S/C18H26N4O2S/c1-18(2,3)20-15(23)10-22(5)17(24)12-21(4)11-16-19-13-8-6-7-9-14(13)25-16/h6-9H,10-12H2,1-5H3,(H,20,23). The summed E-state index contributed by atoms with van der Waals surface area (Å²) in [7, 11) is 3.53. The second-order valence-corrected chi connectivity index (χ2v) is 8.41. The number of benzene rings is 1. The SMILES string of the molecule is CN(CC(=O)N(C)CC(=O)NC(C)(C)C)Cc1nc2ccccc2s1. The molecular formula is C18H26N4O2S. The summed E-state index contributed by atoms with van der Waals surface area (Å²) in [5.74, 6) is -0.246. The fraction of sp³-hybridized carbons (Fsp3) is 0.500. The van der Waals surface area contributed by atoms with Crippen molar-refractivity contribution in [2.24, 2.45) is 0 Å². The molecule has 0 atom stereocenters. The summed E-state index contributed by atoms with van der Waals surface area (Å²) in [6, 6.07) is 8.00. The molecule has 7 heteroatoms. The maximum Gasteiger partial charge on any atom is 0.240 e. The second-order valence-electron chi connectivity index (χ2n) is 7.30. The number of nitrogens with one attached hydrogen (secondary N) is 1. The lowest BCUT2D eigenvalue weighted by Gasteiger charge is -2.24. The van der Waals surface area contributed by atoms with Crippen LogP contribution < -0.4 is 5.32 Å². The maximum atomic E-state index is 12.3. The fourth-order valence-corrected chi connectivity index (χ4v) is 3.43. The van der Waals surface area contributed by atoms with Gasteiger partial charge in [0.05, 0.1) is 29.9 Å². The molecule has 2 amide bonds. The first kappa shape index (κ1) is 19.3. The minimum Gasteiger partial charge on any atom is -0.350 e. The van der Waals surface area contributed by atoms with Crippen LogP contribution in [0.25, 0.3) is 10.2 Å². The van der Waals surface area contributed by atoms with Gasteiger partial charge in [-0.25, -0.2) is 4.98 Å². The summed E-state index contributed by atoms with van der Waals surface area (Å²) in [4.78, 5) is 32.2. The van der Waals surface area contributed by atoms with E-state index in [9.17, 15) is 9.59 Å². The number of aromatic nitrogens is 1. The summed E-state index contributed by atoms with van der Waals surface area (Å²) < 4.78 is 1.15. The van der Waals surface area contributed by atoms with E-state index in [-0.39, 0.29) is 30.4 Å². The lowest BCUT2D eigenvalue weighted by molar-refractivity contribution is -0.136. The van der Waals surface area contributed by atoms with Crippen molar-refractivity contribution in [3.8, 4) is 0 Å². The Labute approximate surface area is 152 Å². The van der Waals surface area contributed by atoms with Crippen LogP contribution in [-0.4, -0.2) is 59.3 Å². The predicted octanol–water partition coefficient (Wildman–Crippen LogP) is 2.10. The summed E-state index contributed by atoms with van der Waals surface area (Å²) in [5, 5.41) is 3.83. The molecule has 1 N–H and O–H groups in total. The quantitative estimate of drug-likeness (QED) is 0.855. The number of amides is 2. The van der Waals surface area contributed by atoms with Crippen LogP contribution in [0.2, 0.25) is 0 Å². The van der Waals surface area contributed by atoms with Crippen molar-refractivity contribution in [1.29, 1.82) is 0 Å². The molecule has 0 radical (unpaired) electrons. The number of thiazole rings is 1. The molecule has 1 aromatic heterocycles. The van der Waals surface area contributed by atoms with Gasteiger partial charge in [-0.2, -0.15) is 0 Å². The van der Waals surface area contributed by atoms with Crippen molar-refractivity contribution in [3.05, 3.63) is 29.3 Å². The largest absolute Gasteiger partial charge is 0.350 e. The van der Waals surface area contributed by atoms with Crippen LogP contribution in [0.5, 0.6) is 0 Å². The number of carbonyl (C=O) groups excluding carboxylic acids is 2. The molecule has 0 spiro atoms. The first-order valence-electron chi connectivity index (χ1n) is 8.22. The third-order valence-corrected chi connectivity index (χ3v) is 4.49. The van der Waals surface area contributed by atoms with E-state index in [0.717, 1.165) is 15.2 Å². The van der Waals surface area contributed by atoms with Crippen LogP contribution in [0.1, 0.15) is 25.8 Å². The average molecular weight is 362 g/mol. The molecule has 0 aliphatic rings. The lowest BCUT2D eigenvalue weighted by atomic mass is 10.1. The zero-order valence-electron chi connectivity index (χ0n) is 15.5. The van der Waals surface area contributed by atoms with Crippen molar-refractivity contribution >= 4 is 33.4 Å². The van der Waals surface area contributed by atoms with E-state index in [1.165, 1.54) is 4.90 Å². The Morgan fingerprint density at radius 3 is 2.48 bits per heavy atom. The maximum absolute atomic E-state index is 12.3. The number of para-hydroxylation sites is 1. The van der Waals surface area contributed by atoms with E-state index < -0.39 is 0 Å². The number of fused-ring (bicyclic) bond motifs is 1. The number of hydrogen-bond acceptors (Lipinski definition) is 5. The van der Waals surface area contributed by atoms with Crippen LogP contribution in [-0.2, 0) is 16.1 Å². The zero-order valence-corrected chi connectivity index (χ0v) is 16.3. The Kier molecular flexibility index (Phi) is 6.13. The molecule has 0 bridgehead atoms. The van der Waals surface area contributed by atoms with Gasteiger partial charge in [-0.3, -0.25) is 14.5 Å². The minimum atomic E-state index is -0.301. The third kappa shape index (κ3) is 6.10. The van der Waals surface area contributed by atoms with Crippen LogP contribution in [0.15, 0.2) is 24.3 Å². The molecular weight excluding hydrogens is 336 g/mol. The molecule has 1 heterocycles. The fourth-order valence-electron chi connectivity index (χ4n) is 2.39. The highest BCUT2D eigenvalue weighted by atomic mass is 32.1. The Bertz CT molecular complexity index is 718.